The summed E-state index contributed by atoms with van der Waals surface area (Å²) in [6, 6.07) is 27.4. The Morgan fingerprint density at radius 2 is 1.05 bits per heavy atom. The molecule has 0 aliphatic carbocycles. The van der Waals surface area contributed by atoms with Crippen LogP contribution >= 0.6 is 7.92 Å². The zero-order chi connectivity index (χ0) is 12.9. The maximum atomic E-state index is 4.56. The summed E-state index contributed by atoms with van der Waals surface area (Å²) < 4.78 is 0. The second kappa shape index (κ2) is 10.9. The Labute approximate surface area is 157 Å². The smallest absolute Gasteiger partial charge is 1.00 e. The second-order valence-electron chi connectivity index (χ2n) is 4.19. The van der Waals surface area contributed by atoms with Crippen LogP contribution in [0.5, 0.6) is 0 Å². The monoisotopic (exact) mass is 397 g/mol. The molecule has 22 heavy (non-hydrogen) atoms. The Hall–Kier alpha value is -0.777. The van der Waals surface area contributed by atoms with Crippen LogP contribution in [0.3, 0.4) is 0 Å². The largest absolute Gasteiger partial charge is 2.00 e. The minimum absolute atomic E-state index is 0. The van der Waals surface area contributed by atoms with Gasteiger partial charge in [0.05, 0.1) is 5.44 Å². The van der Waals surface area contributed by atoms with Gasteiger partial charge in [-0.15, -0.1) is 0 Å². The fourth-order valence-electron chi connectivity index (χ4n) is 2.05. The average molecular weight is 400 g/mol. The van der Waals surface area contributed by atoms with Crippen LogP contribution in [-0.4, -0.2) is 4.98 Å². The summed E-state index contributed by atoms with van der Waals surface area (Å²) in [6.07, 6.45) is 1.87. The molecule has 1 nitrogen and oxygen atoms in total. The molecule has 0 bridgehead atoms. The van der Waals surface area contributed by atoms with Gasteiger partial charge >= 0.3 is 19.5 Å². The number of hydrogen-bond acceptors (Lipinski definition) is 1. The van der Waals surface area contributed by atoms with Crippen LogP contribution in [-0.2, 0) is 19.5 Å². The fourth-order valence-corrected chi connectivity index (χ4v) is 4.24. The first-order valence-electron chi connectivity index (χ1n) is 6.26. The average Bonchev–Trinajstić information content (AvgIpc) is 2.51. The van der Waals surface area contributed by atoms with Crippen molar-refractivity contribution in [3.8, 4) is 0 Å². The third kappa shape index (κ3) is 5.15. The normalized spacial score (nSPS) is 9.14. The van der Waals surface area contributed by atoms with Crippen molar-refractivity contribution in [1.82, 2.24) is 4.98 Å². The Balaban J connectivity index is 0.00000147. The minimum Gasteiger partial charge on any atom is -1.00 e. The van der Waals surface area contributed by atoms with Crippen molar-refractivity contribution < 1.29 is 44.3 Å². The molecule has 0 saturated carbocycles. The standard InChI is InChI=1S/C17H14NP.2ClH.Zn/c1-3-9-15(10-4-1)19(16-11-5-2-6-12-16)17-13-7-8-14-18-17;;;/h1-14H;2*1H;/q;;;+2/p-2. The van der Waals surface area contributed by atoms with Crippen LogP contribution in [0, 0.1) is 0 Å². The first-order valence-corrected chi connectivity index (χ1v) is 7.60. The summed E-state index contributed by atoms with van der Waals surface area (Å²) in [5, 5.41) is 2.67. The first kappa shape index (κ1) is 21.2. The zero-order valence-corrected chi connectivity index (χ0v) is 17.3. The number of rotatable bonds is 3. The number of benzene rings is 2. The van der Waals surface area contributed by atoms with Gasteiger partial charge < -0.3 is 24.8 Å². The SMILES string of the molecule is [Cl-].[Cl-].[Zn+2].c1ccc(P(c2ccccc2)c2ccccn2)cc1. The fraction of sp³-hybridized carbons (Fsp3) is 0. The van der Waals surface area contributed by atoms with Crippen LogP contribution in [0.15, 0.2) is 85.1 Å². The molecule has 0 unspecified atom stereocenters. The van der Waals surface area contributed by atoms with Gasteiger partial charge in [-0.05, 0) is 22.7 Å². The van der Waals surface area contributed by atoms with E-state index in [2.05, 4.69) is 77.8 Å². The second-order valence-corrected chi connectivity index (χ2v) is 6.36. The van der Waals surface area contributed by atoms with Crippen molar-refractivity contribution in [2.24, 2.45) is 0 Å². The molecule has 3 aromatic rings. The Kier molecular flexibility index (Phi) is 10.5. The Morgan fingerprint density at radius 1 is 0.591 bits per heavy atom. The van der Waals surface area contributed by atoms with E-state index in [9.17, 15) is 0 Å². The van der Waals surface area contributed by atoms with Gasteiger partial charge in [0.15, 0.2) is 0 Å². The number of aromatic nitrogens is 1. The third-order valence-corrected chi connectivity index (χ3v) is 5.26. The zero-order valence-electron chi connectivity index (χ0n) is 11.9. The summed E-state index contributed by atoms with van der Waals surface area (Å²) in [5.41, 5.74) is 1.15. The van der Waals surface area contributed by atoms with E-state index in [0.29, 0.717) is 0 Å². The van der Waals surface area contributed by atoms with Crippen molar-refractivity contribution in [2.45, 2.75) is 0 Å². The van der Waals surface area contributed by atoms with Crippen LogP contribution in [0.4, 0.5) is 0 Å². The maximum Gasteiger partial charge on any atom is 2.00 e. The number of hydrogen-bond donors (Lipinski definition) is 0. The van der Waals surface area contributed by atoms with Crippen molar-refractivity contribution in [1.29, 1.82) is 0 Å². The van der Waals surface area contributed by atoms with E-state index >= 15 is 0 Å². The van der Waals surface area contributed by atoms with Crippen LogP contribution in [0.1, 0.15) is 0 Å². The summed E-state index contributed by atoms with van der Waals surface area (Å²) in [6.45, 7) is 0. The molecule has 0 fully saturated rings. The van der Waals surface area contributed by atoms with Gasteiger partial charge in [0.25, 0.3) is 0 Å². The topological polar surface area (TPSA) is 12.9 Å². The summed E-state index contributed by atoms with van der Waals surface area (Å²) in [4.78, 5) is 4.56. The number of pyridine rings is 1. The predicted octanol–water partition coefficient (Wildman–Crippen LogP) is -3.15. The minimum atomic E-state index is -0.557. The van der Waals surface area contributed by atoms with Crippen molar-refractivity contribution in [3.63, 3.8) is 0 Å². The molecular formula is C17H14Cl2NPZn. The molecule has 0 N–H and O–H groups in total. The maximum absolute atomic E-state index is 4.56. The molecular weight excluding hydrogens is 385 g/mol. The van der Waals surface area contributed by atoms with E-state index in [0.717, 1.165) is 5.44 Å². The summed E-state index contributed by atoms with van der Waals surface area (Å²) >= 11 is 0. The van der Waals surface area contributed by atoms with Crippen molar-refractivity contribution in [3.05, 3.63) is 85.1 Å². The number of nitrogens with zero attached hydrogens (tertiary/aromatic N) is 1. The molecule has 0 spiro atoms. The number of halogens is 2. The van der Waals surface area contributed by atoms with Gasteiger partial charge in [-0.3, -0.25) is 4.98 Å². The van der Waals surface area contributed by atoms with Crippen molar-refractivity contribution >= 4 is 24.0 Å². The molecule has 0 amide bonds. The molecule has 0 aliphatic heterocycles. The van der Waals surface area contributed by atoms with Crippen LogP contribution in [0.25, 0.3) is 0 Å². The molecule has 5 heteroatoms. The van der Waals surface area contributed by atoms with E-state index < -0.39 is 7.92 Å². The van der Waals surface area contributed by atoms with E-state index in [-0.39, 0.29) is 44.3 Å². The Morgan fingerprint density at radius 3 is 1.45 bits per heavy atom. The van der Waals surface area contributed by atoms with Gasteiger partial charge in [0, 0.05) is 14.1 Å². The van der Waals surface area contributed by atoms with Gasteiger partial charge in [-0.25, -0.2) is 0 Å². The van der Waals surface area contributed by atoms with E-state index in [4.69, 9.17) is 0 Å². The van der Waals surface area contributed by atoms with Gasteiger partial charge in [0.1, 0.15) is 0 Å². The van der Waals surface area contributed by atoms with Crippen LogP contribution in [0.2, 0.25) is 0 Å². The molecule has 0 aliphatic rings. The van der Waals surface area contributed by atoms with E-state index in [1.54, 1.807) is 0 Å². The molecule has 108 valence electrons. The van der Waals surface area contributed by atoms with Crippen LogP contribution < -0.4 is 40.9 Å². The predicted molar refractivity (Wildman–Crippen MR) is 82.9 cm³/mol. The molecule has 1 aromatic heterocycles. The molecule has 1 heterocycles. The van der Waals surface area contributed by atoms with E-state index in [1.165, 1.54) is 10.6 Å². The van der Waals surface area contributed by atoms with E-state index in [1.807, 2.05) is 12.3 Å². The van der Waals surface area contributed by atoms with Crippen molar-refractivity contribution in [2.75, 3.05) is 0 Å². The van der Waals surface area contributed by atoms with Gasteiger partial charge in [0.2, 0.25) is 0 Å². The molecule has 2 aromatic carbocycles. The summed E-state index contributed by atoms with van der Waals surface area (Å²) in [5.74, 6) is 0. The summed E-state index contributed by atoms with van der Waals surface area (Å²) in [7, 11) is -0.557. The molecule has 3 rings (SSSR count). The first-order chi connectivity index (χ1) is 9.45. The quantitative estimate of drug-likeness (QED) is 0.335. The molecule has 0 radical (unpaired) electrons. The molecule has 0 saturated heterocycles. The van der Waals surface area contributed by atoms with Gasteiger partial charge in [-0.2, -0.15) is 0 Å². The van der Waals surface area contributed by atoms with Gasteiger partial charge in [-0.1, -0.05) is 66.7 Å². The third-order valence-electron chi connectivity index (χ3n) is 2.91. The Bertz CT molecular complexity index is 545. The molecule has 0 atom stereocenters.